The van der Waals surface area contributed by atoms with E-state index in [0.717, 1.165) is 35.7 Å². The number of aromatic nitrogens is 1. The van der Waals surface area contributed by atoms with Crippen LogP contribution in [0.2, 0.25) is 0 Å². The zero-order valence-electron chi connectivity index (χ0n) is 15.7. The summed E-state index contributed by atoms with van der Waals surface area (Å²) < 4.78 is 11.3. The zero-order valence-corrected chi connectivity index (χ0v) is 15.7. The molecule has 0 saturated carbocycles. The fourth-order valence-electron chi connectivity index (χ4n) is 3.46. The largest absolute Gasteiger partial charge is 0.497 e. The summed E-state index contributed by atoms with van der Waals surface area (Å²) in [6, 6.07) is 12.1. The van der Waals surface area contributed by atoms with E-state index in [2.05, 4.69) is 40.2 Å². The number of hydrogen-bond acceptors (Lipinski definition) is 6. The van der Waals surface area contributed by atoms with Gasteiger partial charge in [0.05, 0.1) is 25.5 Å². The van der Waals surface area contributed by atoms with Crippen molar-refractivity contribution in [3.8, 4) is 5.75 Å². The summed E-state index contributed by atoms with van der Waals surface area (Å²) in [6.45, 7) is 2.33. The summed E-state index contributed by atoms with van der Waals surface area (Å²) in [6.07, 6.45) is 7.73. The standard InChI is InChI=1S/C21H24N4O2/c1-24-12-9-19(16-7-10-22-11-8-16)23-21(24)25-13-14-27-20(15-25)17-3-5-18(26-2)6-4-17/h3-12,20-21H,13-15H2,1-2H3/t20?,21-/m1/s1. The van der Waals surface area contributed by atoms with Crippen molar-refractivity contribution in [2.75, 3.05) is 33.9 Å². The van der Waals surface area contributed by atoms with Gasteiger partial charge < -0.3 is 14.4 Å². The minimum Gasteiger partial charge on any atom is -0.497 e. The molecule has 140 valence electrons. The Hall–Kier alpha value is -2.70. The molecular formula is C21H24N4O2. The van der Waals surface area contributed by atoms with Gasteiger partial charge in [-0.3, -0.25) is 9.88 Å². The lowest BCUT2D eigenvalue weighted by Crippen LogP contribution is -2.50. The number of nitrogens with zero attached hydrogens (tertiary/aromatic N) is 4. The molecule has 0 radical (unpaired) electrons. The third-order valence-electron chi connectivity index (χ3n) is 4.97. The Morgan fingerprint density at radius 3 is 2.63 bits per heavy atom. The molecule has 1 aromatic carbocycles. The molecule has 0 amide bonds. The molecule has 2 aliphatic rings. The minimum absolute atomic E-state index is 0.0311. The van der Waals surface area contributed by atoms with Gasteiger partial charge in [-0.05, 0) is 35.9 Å². The molecule has 27 heavy (non-hydrogen) atoms. The Balaban J connectivity index is 1.52. The first-order valence-corrected chi connectivity index (χ1v) is 9.12. The molecule has 1 aromatic heterocycles. The van der Waals surface area contributed by atoms with Crippen LogP contribution in [0.3, 0.4) is 0 Å². The number of ether oxygens (including phenoxy) is 2. The highest BCUT2D eigenvalue weighted by Gasteiger charge is 2.30. The predicted molar refractivity (Wildman–Crippen MR) is 105 cm³/mol. The first kappa shape index (κ1) is 17.7. The molecule has 0 N–H and O–H groups in total. The molecule has 2 aromatic rings. The first-order valence-electron chi connectivity index (χ1n) is 9.12. The molecule has 0 spiro atoms. The first-order chi connectivity index (χ1) is 13.2. The van der Waals surface area contributed by atoms with Crippen molar-refractivity contribution in [3.63, 3.8) is 0 Å². The van der Waals surface area contributed by atoms with E-state index >= 15 is 0 Å². The van der Waals surface area contributed by atoms with Crippen LogP contribution in [0, 0.1) is 0 Å². The number of hydrogen-bond donors (Lipinski definition) is 0. The molecule has 4 rings (SSSR count). The Morgan fingerprint density at radius 2 is 1.89 bits per heavy atom. The van der Waals surface area contributed by atoms with Crippen molar-refractivity contribution < 1.29 is 9.47 Å². The van der Waals surface area contributed by atoms with Gasteiger partial charge in [-0.25, -0.2) is 4.99 Å². The zero-order chi connectivity index (χ0) is 18.6. The van der Waals surface area contributed by atoms with Crippen LogP contribution in [0.15, 0.2) is 66.1 Å². The second kappa shape index (κ2) is 7.90. The number of aliphatic imine (C=N–C) groups is 1. The monoisotopic (exact) mass is 364 g/mol. The van der Waals surface area contributed by atoms with Crippen LogP contribution >= 0.6 is 0 Å². The lowest BCUT2D eigenvalue weighted by molar-refractivity contribution is -0.0633. The second-order valence-corrected chi connectivity index (χ2v) is 6.71. The quantitative estimate of drug-likeness (QED) is 0.835. The molecule has 6 nitrogen and oxygen atoms in total. The molecule has 2 aliphatic heterocycles. The molecule has 1 unspecified atom stereocenters. The SMILES string of the molecule is COc1ccc(C2CN([C@@H]3N=C(c4ccncc4)C=CN3C)CCO2)cc1. The van der Waals surface area contributed by atoms with Crippen molar-refractivity contribution in [1.29, 1.82) is 0 Å². The van der Waals surface area contributed by atoms with E-state index in [1.807, 2.05) is 30.3 Å². The van der Waals surface area contributed by atoms with Gasteiger partial charge in [-0.2, -0.15) is 0 Å². The van der Waals surface area contributed by atoms with Crippen LogP contribution in [0.25, 0.3) is 0 Å². The molecule has 2 atom stereocenters. The van der Waals surface area contributed by atoms with E-state index in [-0.39, 0.29) is 12.4 Å². The van der Waals surface area contributed by atoms with Crippen molar-refractivity contribution in [1.82, 2.24) is 14.8 Å². The fourth-order valence-corrected chi connectivity index (χ4v) is 3.46. The number of rotatable bonds is 4. The van der Waals surface area contributed by atoms with Crippen LogP contribution in [0.1, 0.15) is 17.2 Å². The highest BCUT2D eigenvalue weighted by atomic mass is 16.5. The minimum atomic E-state index is -0.0391. The predicted octanol–water partition coefficient (Wildman–Crippen LogP) is 2.70. The average molecular weight is 364 g/mol. The molecular weight excluding hydrogens is 340 g/mol. The Morgan fingerprint density at radius 1 is 1.11 bits per heavy atom. The van der Waals surface area contributed by atoms with E-state index < -0.39 is 0 Å². The van der Waals surface area contributed by atoms with Gasteiger partial charge in [-0.15, -0.1) is 0 Å². The molecule has 3 heterocycles. The Bertz CT molecular complexity index is 820. The third kappa shape index (κ3) is 3.86. The maximum absolute atomic E-state index is 6.03. The molecule has 0 bridgehead atoms. The highest BCUT2D eigenvalue weighted by Crippen LogP contribution is 2.27. The van der Waals surface area contributed by atoms with Crippen molar-refractivity contribution in [2.45, 2.75) is 12.4 Å². The van der Waals surface area contributed by atoms with E-state index in [9.17, 15) is 0 Å². The summed E-state index contributed by atoms with van der Waals surface area (Å²) in [5.41, 5.74) is 3.22. The number of methoxy groups -OCH3 is 1. The normalized spacial score (nSPS) is 23.2. The number of morpholine rings is 1. The van der Waals surface area contributed by atoms with Crippen molar-refractivity contribution in [3.05, 3.63) is 72.2 Å². The molecule has 1 fully saturated rings. The van der Waals surface area contributed by atoms with Crippen molar-refractivity contribution in [2.24, 2.45) is 4.99 Å². The summed E-state index contributed by atoms with van der Waals surface area (Å²) >= 11 is 0. The number of pyridine rings is 1. The Kier molecular flexibility index (Phi) is 5.18. The fraction of sp³-hybridized carbons (Fsp3) is 0.333. The van der Waals surface area contributed by atoms with E-state index in [1.165, 1.54) is 0 Å². The van der Waals surface area contributed by atoms with Crippen molar-refractivity contribution >= 4 is 5.71 Å². The topological polar surface area (TPSA) is 50.2 Å². The van der Waals surface area contributed by atoms with Crippen LogP contribution in [0.4, 0.5) is 0 Å². The van der Waals surface area contributed by atoms with E-state index in [1.54, 1.807) is 19.5 Å². The smallest absolute Gasteiger partial charge is 0.178 e. The van der Waals surface area contributed by atoms with Gasteiger partial charge in [0.2, 0.25) is 0 Å². The van der Waals surface area contributed by atoms with Gasteiger partial charge >= 0.3 is 0 Å². The van der Waals surface area contributed by atoms with Crippen LogP contribution in [0.5, 0.6) is 5.75 Å². The summed E-state index contributed by atoms with van der Waals surface area (Å²) in [7, 11) is 3.74. The summed E-state index contributed by atoms with van der Waals surface area (Å²) in [5.74, 6) is 0.857. The average Bonchev–Trinajstić information content (AvgIpc) is 2.75. The number of allylic oxidation sites excluding steroid dienone is 1. The van der Waals surface area contributed by atoms with Gasteiger partial charge in [0.1, 0.15) is 5.75 Å². The lowest BCUT2D eigenvalue weighted by atomic mass is 10.1. The second-order valence-electron chi connectivity index (χ2n) is 6.71. The summed E-state index contributed by atoms with van der Waals surface area (Å²) in [4.78, 5) is 13.6. The van der Waals surface area contributed by atoms with Gasteiger partial charge in [0.15, 0.2) is 6.29 Å². The highest BCUT2D eigenvalue weighted by molar-refractivity contribution is 6.08. The van der Waals surface area contributed by atoms with E-state index in [4.69, 9.17) is 14.5 Å². The maximum Gasteiger partial charge on any atom is 0.178 e. The summed E-state index contributed by atoms with van der Waals surface area (Å²) in [5, 5.41) is 0. The van der Waals surface area contributed by atoms with Crippen LogP contribution in [-0.4, -0.2) is 60.6 Å². The van der Waals surface area contributed by atoms with Gasteiger partial charge in [0, 0.05) is 44.3 Å². The lowest BCUT2D eigenvalue weighted by Gasteiger charge is -2.41. The van der Waals surface area contributed by atoms with E-state index in [0.29, 0.717) is 6.61 Å². The maximum atomic E-state index is 6.03. The Labute approximate surface area is 159 Å². The van der Waals surface area contributed by atoms with Crippen LogP contribution < -0.4 is 4.74 Å². The molecule has 6 heteroatoms. The molecule has 0 aliphatic carbocycles. The molecule has 1 saturated heterocycles. The van der Waals surface area contributed by atoms with Gasteiger partial charge in [0.25, 0.3) is 0 Å². The van der Waals surface area contributed by atoms with Gasteiger partial charge in [-0.1, -0.05) is 12.1 Å². The van der Waals surface area contributed by atoms with Crippen LogP contribution in [-0.2, 0) is 4.74 Å². The number of benzene rings is 1. The third-order valence-corrected chi connectivity index (χ3v) is 4.97.